The van der Waals surface area contributed by atoms with Crippen LogP contribution < -0.4 is 5.32 Å². The highest BCUT2D eigenvalue weighted by Crippen LogP contribution is 2.18. The zero-order valence-electron chi connectivity index (χ0n) is 16.1. The predicted octanol–water partition coefficient (Wildman–Crippen LogP) is 1.94. The van der Waals surface area contributed by atoms with Crippen molar-refractivity contribution in [1.82, 2.24) is 24.7 Å². The molecule has 1 N–H and O–H groups in total. The number of hydrogen-bond acceptors (Lipinski definition) is 4. The topological polar surface area (TPSA) is 62.6 Å². The molecular weight excluding hydrogens is 361 g/mol. The number of carbonyl (C=O) groups is 1. The Morgan fingerprint density at radius 2 is 2.14 bits per heavy atom. The Labute approximate surface area is 164 Å². The fourth-order valence-corrected chi connectivity index (χ4v) is 3.94. The number of urea groups is 1. The second-order valence-corrected chi connectivity index (χ2v) is 7.33. The van der Waals surface area contributed by atoms with E-state index in [9.17, 15) is 9.18 Å². The molecule has 150 valence electrons. The molecule has 0 spiro atoms. The Kier molecular flexibility index (Phi) is 5.59. The van der Waals surface area contributed by atoms with Gasteiger partial charge in [-0.1, -0.05) is 6.07 Å². The van der Waals surface area contributed by atoms with E-state index in [1.54, 1.807) is 23.0 Å². The summed E-state index contributed by atoms with van der Waals surface area (Å²) in [4.78, 5) is 20.9. The predicted molar refractivity (Wildman–Crippen MR) is 103 cm³/mol. The molecule has 8 heteroatoms. The van der Waals surface area contributed by atoms with Crippen LogP contribution in [0.4, 0.5) is 9.18 Å². The van der Waals surface area contributed by atoms with Crippen molar-refractivity contribution in [2.45, 2.75) is 25.9 Å². The summed E-state index contributed by atoms with van der Waals surface area (Å²) in [6, 6.07) is 5.33. The number of carbonyl (C=O) groups excluding carboxylic acids is 1. The number of ether oxygens (including phenoxy) is 1. The molecule has 1 aromatic carbocycles. The van der Waals surface area contributed by atoms with Gasteiger partial charge in [-0.3, -0.25) is 4.90 Å². The van der Waals surface area contributed by atoms with Crippen LogP contribution in [0.5, 0.6) is 0 Å². The number of likely N-dealkylation sites (tertiary alicyclic amines) is 1. The molecule has 0 saturated carbocycles. The van der Waals surface area contributed by atoms with Crippen molar-refractivity contribution in [2.24, 2.45) is 0 Å². The minimum atomic E-state index is -0.332. The van der Waals surface area contributed by atoms with Gasteiger partial charge in [0, 0.05) is 51.2 Å². The summed E-state index contributed by atoms with van der Waals surface area (Å²) in [5.74, 6) is 0.394. The zero-order valence-corrected chi connectivity index (χ0v) is 16.1. The maximum atomic E-state index is 14.5. The van der Waals surface area contributed by atoms with E-state index in [0.717, 1.165) is 57.2 Å². The molecule has 0 bridgehead atoms. The smallest absolute Gasteiger partial charge is 0.317 e. The van der Waals surface area contributed by atoms with Gasteiger partial charge in [0.05, 0.1) is 18.9 Å². The van der Waals surface area contributed by atoms with Crippen LogP contribution in [-0.4, -0.2) is 70.8 Å². The molecule has 2 aliphatic rings. The van der Waals surface area contributed by atoms with Crippen LogP contribution in [0.25, 0.3) is 5.69 Å². The number of imidazole rings is 1. The quantitative estimate of drug-likeness (QED) is 0.871. The first-order valence-corrected chi connectivity index (χ1v) is 9.75. The Bertz CT molecular complexity index is 834. The monoisotopic (exact) mass is 387 g/mol. The van der Waals surface area contributed by atoms with E-state index in [-0.39, 0.29) is 11.8 Å². The third-order valence-corrected chi connectivity index (χ3v) is 5.55. The Balaban J connectivity index is 1.31. The van der Waals surface area contributed by atoms with E-state index in [1.165, 1.54) is 6.07 Å². The second kappa shape index (κ2) is 8.28. The maximum Gasteiger partial charge on any atom is 0.317 e. The number of rotatable bonds is 4. The molecule has 28 heavy (non-hydrogen) atoms. The van der Waals surface area contributed by atoms with E-state index >= 15 is 0 Å². The summed E-state index contributed by atoms with van der Waals surface area (Å²) in [6.45, 7) is 7.02. The van der Waals surface area contributed by atoms with Crippen molar-refractivity contribution in [3.05, 3.63) is 47.8 Å². The van der Waals surface area contributed by atoms with Gasteiger partial charge in [0.2, 0.25) is 0 Å². The summed E-state index contributed by atoms with van der Waals surface area (Å²) in [6.07, 6.45) is 4.36. The van der Waals surface area contributed by atoms with Crippen molar-refractivity contribution < 1.29 is 13.9 Å². The average Bonchev–Trinajstić information content (AvgIpc) is 3.36. The number of aromatic nitrogens is 2. The summed E-state index contributed by atoms with van der Waals surface area (Å²) < 4.78 is 21.6. The van der Waals surface area contributed by atoms with Gasteiger partial charge in [0.1, 0.15) is 11.6 Å². The first kappa shape index (κ1) is 18.9. The molecule has 4 rings (SSSR count). The maximum absolute atomic E-state index is 14.5. The van der Waals surface area contributed by atoms with Crippen LogP contribution in [-0.2, 0) is 11.3 Å². The second-order valence-electron chi connectivity index (χ2n) is 7.33. The lowest BCUT2D eigenvalue weighted by molar-refractivity contribution is 0.0191. The third-order valence-electron chi connectivity index (χ3n) is 5.55. The van der Waals surface area contributed by atoms with Crippen molar-refractivity contribution in [1.29, 1.82) is 0 Å². The largest absolute Gasteiger partial charge is 0.379 e. The molecule has 3 heterocycles. The lowest BCUT2D eigenvalue weighted by Crippen LogP contribution is -2.46. The highest BCUT2D eigenvalue weighted by atomic mass is 19.1. The average molecular weight is 387 g/mol. The highest BCUT2D eigenvalue weighted by Gasteiger charge is 2.31. The van der Waals surface area contributed by atoms with Gasteiger partial charge >= 0.3 is 6.03 Å². The van der Waals surface area contributed by atoms with E-state index in [4.69, 9.17) is 4.74 Å². The summed E-state index contributed by atoms with van der Waals surface area (Å²) in [5.41, 5.74) is 1.19. The van der Waals surface area contributed by atoms with Crippen molar-refractivity contribution in [2.75, 3.05) is 39.4 Å². The minimum Gasteiger partial charge on any atom is -0.379 e. The lowest BCUT2D eigenvalue weighted by atomic mass is 10.2. The zero-order chi connectivity index (χ0) is 19.5. The number of amides is 2. The number of aryl methyl sites for hydroxylation is 1. The fraction of sp³-hybridized carbons (Fsp3) is 0.500. The van der Waals surface area contributed by atoms with Gasteiger partial charge in [0.15, 0.2) is 0 Å². The Morgan fingerprint density at radius 1 is 1.32 bits per heavy atom. The SMILES string of the molecule is Cc1nccn1-c1ccc(CNC(=O)N2CCC(N3CCOCC3)C2)cc1F. The van der Waals surface area contributed by atoms with Gasteiger partial charge in [0.25, 0.3) is 0 Å². The number of benzene rings is 1. The van der Waals surface area contributed by atoms with E-state index < -0.39 is 0 Å². The van der Waals surface area contributed by atoms with Crippen LogP contribution in [0.2, 0.25) is 0 Å². The van der Waals surface area contributed by atoms with Crippen molar-refractivity contribution in [3.63, 3.8) is 0 Å². The van der Waals surface area contributed by atoms with Gasteiger partial charge < -0.3 is 19.5 Å². The molecule has 2 aliphatic heterocycles. The molecule has 2 saturated heterocycles. The van der Waals surface area contributed by atoms with Crippen LogP contribution in [0.3, 0.4) is 0 Å². The number of nitrogens with zero attached hydrogens (tertiary/aromatic N) is 4. The van der Waals surface area contributed by atoms with E-state index in [1.807, 2.05) is 17.9 Å². The molecule has 0 radical (unpaired) electrons. The van der Waals surface area contributed by atoms with Gasteiger partial charge in [-0.15, -0.1) is 0 Å². The molecule has 2 aromatic rings. The normalized spacial score (nSPS) is 20.5. The lowest BCUT2D eigenvalue weighted by Gasteiger charge is -2.32. The number of morpholine rings is 1. The summed E-state index contributed by atoms with van der Waals surface area (Å²) in [5, 5.41) is 2.92. The standard InChI is InChI=1S/C20H26FN5O2/c1-15-22-5-7-26(15)19-3-2-16(12-18(19)21)13-23-20(27)25-6-4-17(14-25)24-8-10-28-11-9-24/h2-3,5,7,12,17H,4,6,8-11,13-14H2,1H3,(H,23,27). The summed E-state index contributed by atoms with van der Waals surface area (Å²) in [7, 11) is 0. The third kappa shape index (κ3) is 4.02. The number of nitrogens with one attached hydrogen (secondary N) is 1. The molecule has 2 amide bonds. The first-order valence-electron chi connectivity index (χ1n) is 9.75. The molecular formula is C20H26FN5O2. The van der Waals surface area contributed by atoms with Crippen LogP contribution in [0.1, 0.15) is 17.8 Å². The molecule has 2 fully saturated rings. The Morgan fingerprint density at radius 3 is 2.86 bits per heavy atom. The molecule has 7 nitrogen and oxygen atoms in total. The minimum absolute atomic E-state index is 0.0919. The van der Waals surface area contributed by atoms with Crippen molar-refractivity contribution in [3.8, 4) is 5.69 Å². The van der Waals surface area contributed by atoms with E-state index in [0.29, 0.717) is 18.3 Å². The molecule has 1 aromatic heterocycles. The summed E-state index contributed by atoms with van der Waals surface area (Å²) >= 11 is 0. The fourth-order valence-electron chi connectivity index (χ4n) is 3.94. The molecule has 0 aliphatic carbocycles. The first-order chi connectivity index (χ1) is 13.6. The van der Waals surface area contributed by atoms with Crippen LogP contribution >= 0.6 is 0 Å². The number of hydrogen-bond donors (Lipinski definition) is 1. The molecule has 1 atom stereocenters. The van der Waals surface area contributed by atoms with Gasteiger partial charge in [-0.05, 0) is 31.0 Å². The Hall–Kier alpha value is -2.45. The van der Waals surface area contributed by atoms with Crippen molar-refractivity contribution >= 4 is 6.03 Å². The van der Waals surface area contributed by atoms with Crippen LogP contribution in [0, 0.1) is 12.7 Å². The van der Waals surface area contributed by atoms with Gasteiger partial charge in [-0.25, -0.2) is 14.2 Å². The van der Waals surface area contributed by atoms with Crippen LogP contribution in [0.15, 0.2) is 30.6 Å². The molecule has 1 unspecified atom stereocenters. The van der Waals surface area contributed by atoms with E-state index in [2.05, 4.69) is 15.2 Å². The van der Waals surface area contributed by atoms with Gasteiger partial charge in [-0.2, -0.15) is 0 Å². The number of halogens is 1. The highest BCUT2D eigenvalue weighted by molar-refractivity contribution is 5.74.